The maximum absolute atomic E-state index is 13.6. The highest BCUT2D eigenvalue weighted by molar-refractivity contribution is 5.93. The van der Waals surface area contributed by atoms with Gasteiger partial charge in [-0.1, -0.05) is 30.3 Å². The minimum Gasteiger partial charge on any atom is -0.489 e. The lowest BCUT2D eigenvalue weighted by Crippen LogP contribution is -2.40. The average Bonchev–Trinajstić information content (AvgIpc) is 3.45. The number of ether oxygens (including phenoxy) is 1. The molecule has 0 spiro atoms. The van der Waals surface area contributed by atoms with E-state index in [0.29, 0.717) is 26.0 Å². The van der Waals surface area contributed by atoms with Crippen molar-refractivity contribution < 1.29 is 18.7 Å². The van der Waals surface area contributed by atoms with E-state index in [9.17, 15) is 14.0 Å². The fraction of sp³-hybridized carbons (Fsp3) is 0.214. The Morgan fingerprint density at radius 1 is 1.06 bits per heavy atom. The summed E-state index contributed by atoms with van der Waals surface area (Å²) in [6.07, 6.45) is 1.27. The number of aromatic amines is 1. The van der Waals surface area contributed by atoms with Gasteiger partial charge in [0.1, 0.15) is 24.2 Å². The zero-order valence-electron chi connectivity index (χ0n) is 19.1. The number of halogens is 1. The molecule has 178 valence electrons. The average molecular weight is 472 g/mol. The minimum absolute atomic E-state index is 0.141. The molecule has 1 aliphatic heterocycles. The van der Waals surface area contributed by atoms with E-state index in [1.54, 1.807) is 12.1 Å². The molecule has 6 nitrogen and oxygen atoms in total. The molecule has 0 radical (unpaired) electrons. The van der Waals surface area contributed by atoms with E-state index in [-0.39, 0.29) is 24.1 Å². The van der Waals surface area contributed by atoms with E-state index >= 15 is 0 Å². The van der Waals surface area contributed by atoms with E-state index in [0.717, 1.165) is 39.0 Å². The first-order valence-electron chi connectivity index (χ1n) is 11.7. The Labute approximate surface area is 202 Å². The number of nitrogens with one attached hydrogen (secondary N) is 3. The van der Waals surface area contributed by atoms with Crippen LogP contribution in [0.4, 0.5) is 4.39 Å². The normalized spacial score (nSPS) is 15.2. The third-order valence-corrected chi connectivity index (χ3v) is 6.24. The van der Waals surface area contributed by atoms with Crippen molar-refractivity contribution >= 4 is 22.7 Å². The van der Waals surface area contributed by atoms with E-state index in [1.807, 2.05) is 48.5 Å². The van der Waals surface area contributed by atoms with Gasteiger partial charge in [0.2, 0.25) is 11.8 Å². The first-order valence-corrected chi connectivity index (χ1v) is 11.7. The van der Waals surface area contributed by atoms with E-state index in [4.69, 9.17) is 4.74 Å². The van der Waals surface area contributed by atoms with Crippen LogP contribution in [0.1, 0.15) is 24.0 Å². The summed E-state index contributed by atoms with van der Waals surface area (Å²) in [6, 6.07) is 21.6. The molecule has 2 heterocycles. The quantitative estimate of drug-likeness (QED) is 0.354. The summed E-state index contributed by atoms with van der Waals surface area (Å²) in [5, 5.41) is 6.50. The van der Waals surface area contributed by atoms with Crippen LogP contribution in [-0.2, 0) is 22.6 Å². The van der Waals surface area contributed by atoms with Crippen LogP contribution < -0.4 is 15.4 Å². The third-order valence-electron chi connectivity index (χ3n) is 6.24. The number of amides is 2. The van der Waals surface area contributed by atoms with Gasteiger partial charge in [0.05, 0.1) is 0 Å². The summed E-state index contributed by atoms with van der Waals surface area (Å²) in [5.41, 5.74) is 4.60. The van der Waals surface area contributed by atoms with Crippen molar-refractivity contribution in [3.05, 3.63) is 89.7 Å². The largest absolute Gasteiger partial charge is 0.489 e. The van der Waals surface area contributed by atoms with Crippen LogP contribution in [0.3, 0.4) is 0 Å². The summed E-state index contributed by atoms with van der Waals surface area (Å²) < 4.78 is 19.6. The number of fused-ring (bicyclic) bond motifs is 1. The van der Waals surface area contributed by atoms with Gasteiger partial charge in [0.25, 0.3) is 0 Å². The fourth-order valence-electron chi connectivity index (χ4n) is 4.42. The molecule has 7 heteroatoms. The first-order chi connectivity index (χ1) is 17.1. The zero-order chi connectivity index (χ0) is 24.2. The van der Waals surface area contributed by atoms with Crippen molar-refractivity contribution in [3.8, 4) is 17.0 Å². The maximum Gasteiger partial charge on any atom is 0.242 e. The van der Waals surface area contributed by atoms with E-state index < -0.39 is 6.04 Å². The molecule has 4 aromatic rings. The molecule has 1 atom stereocenters. The third kappa shape index (κ3) is 5.19. The van der Waals surface area contributed by atoms with Gasteiger partial charge in [-0.2, -0.15) is 0 Å². The molecule has 1 fully saturated rings. The molecule has 1 aromatic heterocycles. The highest BCUT2D eigenvalue weighted by atomic mass is 19.1. The lowest BCUT2D eigenvalue weighted by Gasteiger charge is -2.11. The predicted molar refractivity (Wildman–Crippen MR) is 132 cm³/mol. The van der Waals surface area contributed by atoms with Gasteiger partial charge in [-0.05, 0) is 72.0 Å². The van der Waals surface area contributed by atoms with Crippen LogP contribution in [-0.4, -0.2) is 29.4 Å². The van der Waals surface area contributed by atoms with Gasteiger partial charge in [0.15, 0.2) is 0 Å². The summed E-state index contributed by atoms with van der Waals surface area (Å²) >= 11 is 0. The molecule has 0 aliphatic carbocycles. The summed E-state index contributed by atoms with van der Waals surface area (Å²) in [6.45, 7) is 1.02. The number of aryl methyl sites for hydroxylation is 1. The number of H-pyrrole nitrogens is 1. The molecule has 1 unspecified atom stereocenters. The SMILES string of the molecule is O=C(CCc1c(-c2ccc(F)cc2)[nH]c2ccc(OCc3ccccc3)cc12)NC1CCNC1=O. The molecule has 1 aliphatic rings. The summed E-state index contributed by atoms with van der Waals surface area (Å²) in [7, 11) is 0. The standard InChI is InChI=1S/C28H26FN3O3/c29-20-8-6-19(7-9-20)27-22(11-13-26(33)31-25-14-15-30-28(25)34)23-16-21(10-12-24(23)32-27)35-17-18-4-2-1-3-5-18/h1-10,12,16,25,32H,11,13-15,17H2,(H,30,34)(H,31,33). The molecule has 3 N–H and O–H groups in total. The topological polar surface area (TPSA) is 83.2 Å². The number of hydrogen-bond donors (Lipinski definition) is 3. The van der Waals surface area contributed by atoms with Crippen LogP contribution >= 0.6 is 0 Å². The van der Waals surface area contributed by atoms with Crippen molar-refractivity contribution in [1.82, 2.24) is 15.6 Å². The molecule has 1 saturated heterocycles. The van der Waals surface area contributed by atoms with Crippen molar-refractivity contribution in [2.75, 3.05) is 6.54 Å². The zero-order valence-corrected chi connectivity index (χ0v) is 19.1. The van der Waals surface area contributed by atoms with Crippen LogP contribution in [0.15, 0.2) is 72.8 Å². The predicted octanol–water partition coefficient (Wildman–Crippen LogP) is 4.49. The Kier molecular flexibility index (Phi) is 6.48. The molecular weight excluding hydrogens is 445 g/mol. The molecule has 0 bridgehead atoms. The molecule has 3 aromatic carbocycles. The number of benzene rings is 3. The van der Waals surface area contributed by atoms with Crippen LogP contribution in [0.5, 0.6) is 5.75 Å². The van der Waals surface area contributed by atoms with Gasteiger partial charge in [-0.3, -0.25) is 9.59 Å². The van der Waals surface area contributed by atoms with Crippen molar-refractivity contribution in [2.45, 2.75) is 31.9 Å². The minimum atomic E-state index is -0.472. The van der Waals surface area contributed by atoms with Crippen LogP contribution in [0.25, 0.3) is 22.2 Å². The highest BCUT2D eigenvalue weighted by Gasteiger charge is 2.25. The molecular formula is C28H26FN3O3. The van der Waals surface area contributed by atoms with Gasteiger partial charge < -0.3 is 20.4 Å². The van der Waals surface area contributed by atoms with Crippen molar-refractivity contribution in [2.24, 2.45) is 0 Å². The van der Waals surface area contributed by atoms with E-state index in [1.165, 1.54) is 12.1 Å². The monoisotopic (exact) mass is 471 g/mol. The molecule has 0 saturated carbocycles. The van der Waals surface area contributed by atoms with Gasteiger partial charge >= 0.3 is 0 Å². The van der Waals surface area contributed by atoms with Gasteiger partial charge in [0, 0.05) is 29.6 Å². The van der Waals surface area contributed by atoms with Crippen molar-refractivity contribution in [3.63, 3.8) is 0 Å². The smallest absolute Gasteiger partial charge is 0.242 e. The second-order valence-corrected chi connectivity index (χ2v) is 8.67. The Morgan fingerprint density at radius 3 is 2.60 bits per heavy atom. The lowest BCUT2D eigenvalue weighted by molar-refractivity contribution is -0.127. The van der Waals surface area contributed by atoms with Crippen LogP contribution in [0, 0.1) is 5.82 Å². The number of carbonyl (C=O) groups is 2. The number of rotatable bonds is 8. The molecule has 2 amide bonds. The second-order valence-electron chi connectivity index (χ2n) is 8.67. The molecule has 5 rings (SSSR count). The number of aromatic nitrogens is 1. The maximum atomic E-state index is 13.6. The number of hydrogen-bond acceptors (Lipinski definition) is 3. The van der Waals surface area contributed by atoms with Gasteiger partial charge in [-0.15, -0.1) is 0 Å². The Hall–Kier alpha value is -4.13. The van der Waals surface area contributed by atoms with Crippen LogP contribution in [0.2, 0.25) is 0 Å². The summed E-state index contributed by atoms with van der Waals surface area (Å²) in [5.74, 6) is 0.0946. The fourth-order valence-corrected chi connectivity index (χ4v) is 4.42. The number of carbonyl (C=O) groups excluding carboxylic acids is 2. The first kappa shape index (κ1) is 22.7. The van der Waals surface area contributed by atoms with Gasteiger partial charge in [-0.25, -0.2) is 4.39 Å². The second kappa shape index (κ2) is 10.0. The molecule has 35 heavy (non-hydrogen) atoms. The van der Waals surface area contributed by atoms with Crippen molar-refractivity contribution in [1.29, 1.82) is 0 Å². The Bertz CT molecular complexity index is 1350. The van der Waals surface area contributed by atoms with E-state index in [2.05, 4.69) is 15.6 Å². The Morgan fingerprint density at radius 2 is 1.86 bits per heavy atom. The highest BCUT2D eigenvalue weighted by Crippen LogP contribution is 2.34. The summed E-state index contributed by atoms with van der Waals surface area (Å²) in [4.78, 5) is 27.9. The Balaban J connectivity index is 1.41. The lowest BCUT2D eigenvalue weighted by atomic mass is 10.0.